The molecule has 0 spiro atoms. The molecule has 1 fully saturated rings. The summed E-state index contributed by atoms with van der Waals surface area (Å²) >= 11 is 0. The van der Waals surface area contributed by atoms with E-state index in [4.69, 9.17) is 0 Å². The number of allylic oxidation sites excluding steroid dienone is 2. The van der Waals surface area contributed by atoms with Gasteiger partial charge in [-0.15, -0.1) is 0 Å². The average Bonchev–Trinajstić information content (AvgIpc) is 3.05. The molecule has 0 saturated heterocycles. The number of aliphatic hydroxyl groups excluding tert-OH is 1. The Kier molecular flexibility index (Phi) is 3.71. The summed E-state index contributed by atoms with van der Waals surface area (Å²) in [6.07, 6.45) is 2.39. The van der Waals surface area contributed by atoms with E-state index in [1.165, 1.54) is 6.07 Å². The van der Waals surface area contributed by atoms with Crippen LogP contribution in [-0.2, 0) is 4.79 Å². The van der Waals surface area contributed by atoms with Gasteiger partial charge in [0.1, 0.15) is 5.76 Å². The summed E-state index contributed by atoms with van der Waals surface area (Å²) in [6.45, 7) is 1.88. The SMILES string of the molecule is Cc1ccc(-c2ccc(F)c(F)c2)cc1C1=C(O)[C@@H]2CC[C@@H](C2)C1=O. The lowest BCUT2D eigenvalue weighted by Crippen LogP contribution is -2.21. The van der Waals surface area contributed by atoms with E-state index in [1.54, 1.807) is 6.07 Å². The fourth-order valence-corrected chi connectivity index (χ4v) is 4.02. The molecule has 0 radical (unpaired) electrons. The van der Waals surface area contributed by atoms with Gasteiger partial charge in [-0.3, -0.25) is 4.79 Å². The van der Waals surface area contributed by atoms with Crippen molar-refractivity contribution in [2.75, 3.05) is 0 Å². The van der Waals surface area contributed by atoms with E-state index in [2.05, 4.69) is 0 Å². The van der Waals surface area contributed by atoms with Gasteiger partial charge in [0, 0.05) is 11.8 Å². The molecule has 1 N–H and O–H groups in total. The van der Waals surface area contributed by atoms with Crippen LogP contribution in [0.5, 0.6) is 0 Å². The summed E-state index contributed by atoms with van der Waals surface area (Å²) < 4.78 is 26.7. The molecule has 2 nitrogen and oxygen atoms in total. The Labute approximate surface area is 144 Å². The molecular formula is C21H18F2O2. The minimum absolute atomic E-state index is 0.00298. The number of hydrogen-bond acceptors (Lipinski definition) is 2. The number of aliphatic hydroxyl groups is 1. The lowest BCUT2D eigenvalue weighted by Gasteiger charge is -2.23. The zero-order valence-electron chi connectivity index (χ0n) is 13.9. The van der Waals surface area contributed by atoms with Crippen LogP contribution in [0, 0.1) is 30.4 Å². The zero-order valence-corrected chi connectivity index (χ0v) is 13.9. The van der Waals surface area contributed by atoms with Gasteiger partial charge in [-0.1, -0.05) is 18.2 Å². The Morgan fingerprint density at radius 3 is 2.40 bits per heavy atom. The van der Waals surface area contributed by atoms with Crippen molar-refractivity contribution in [3.05, 3.63) is 64.9 Å². The summed E-state index contributed by atoms with van der Waals surface area (Å²) in [5.74, 6) is -1.57. The largest absolute Gasteiger partial charge is 0.511 e. The molecule has 0 aromatic heterocycles. The van der Waals surface area contributed by atoms with Crippen molar-refractivity contribution in [3.63, 3.8) is 0 Å². The first-order chi connectivity index (χ1) is 12.0. The Morgan fingerprint density at radius 2 is 1.64 bits per heavy atom. The highest BCUT2D eigenvalue weighted by Crippen LogP contribution is 2.46. The minimum Gasteiger partial charge on any atom is -0.511 e. The van der Waals surface area contributed by atoms with E-state index in [0.29, 0.717) is 22.3 Å². The monoisotopic (exact) mass is 340 g/mol. The summed E-state index contributed by atoms with van der Waals surface area (Å²) in [6, 6.07) is 9.18. The summed E-state index contributed by atoms with van der Waals surface area (Å²) in [5, 5.41) is 10.6. The molecule has 2 bridgehead atoms. The van der Waals surface area contributed by atoms with Crippen LogP contribution in [-0.4, -0.2) is 10.9 Å². The molecule has 0 amide bonds. The highest BCUT2D eigenvalue weighted by Gasteiger charge is 2.41. The molecule has 2 aliphatic carbocycles. The molecule has 25 heavy (non-hydrogen) atoms. The molecule has 128 valence electrons. The van der Waals surface area contributed by atoms with Crippen LogP contribution >= 0.6 is 0 Å². The third-order valence-electron chi connectivity index (χ3n) is 5.45. The van der Waals surface area contributed by atoms with Gasteiger partial charge in [-0.05, 0) is 66.6 Å². The number of benzene rings is 2. The number of carbonyl (C=O) groups excluding carboxylic acids is 1. The quantitative estimate of drug-likeness (QED) is 0.815. The number of ketones is 1. The second-order valence-corrected chi connectivity index (χ2v) is 6.99. The van der Waals surface area contributed by atoms with Gasteiger partial charge in [-0.2, -0.15) is 0 Å². The summed E-state index contributed by atoms with van der Waals surface area (Å²) in [4.78, 5) is 12.8. The van der Waals surface area contributed by atoms with E-state index in [9.17, 15) is 18.7 Å². The van der Waals surface area contributed by atoms with Crippen molar-refractivity contribution in [3.8, 4) is 11.1 Å². The molecule has 0 unspecified atom stereocenters. The van der Waals surface area contributed by atoms with Crippen molar-refractivity contribution in [1.29, 1.82) is 0 Å². The van der Waals surface area contributed by atoms with E-state index in [-0.39, 0.29) is 23.4 Å². The number of halogens is 2. The zero-order chi connectivity index (χ0) is 17.7. The van der Waals surface area contributed by atoms with E-state index in [1.807, 2.05) is 19.1 Å². The lowest BCUT2D eigenvalue weighted by atomic mass is 9.81. The fraction of sp³-hybridized carbons (Fsp3) is 0.286. The Balaban J connectivity index is 1.84. The van der Waals surface area contributed by atoms with Crippen LogP contribution < -0.4 is 0 Å². The normalized spacial score (nSPS) is 22.6. The maximum atomic E-state index is 13.6. The van der Waals surface area contributed by atoms with Gasteiger partial charge in [-0.25, -0.2) is 8.78 Å². The molecule has 0 aliphatic heterocycles. The van der Waals surface area contributed by atoms with E-state index >= 15 is 0 Å². The Bertz CT molecular complexity index is 914. The number of hydrogen-bond donors (Lipinski definition) is 1. The maximum Gasteiger partial charge on any atom is 0.169 e. The predicted octanol–water partition coefficient (Wildman–Crippen LogP) is 5.21. The minimum atomic E-state index is -0.909. The number of rotatable bonds is 2. The second-order valence-electron chi connectivity index (χ2n) is 6.99. The smallest absolute Gasteiger partial charge is 0.169 e. The van der Waals surface area contributed by atoms with Gasteiger partial charge in [0.2, 0.25) is 0 Å². The summed E-state index contributed by atoms with van der Waals surface area (Å²) in [7, 11) is 0. The standard InChI is InChI=1S/C21H18F2O2/c1-11-2-3-12(13-6-7-17(22)18(23)10-13)9-16(11)19-20(24)14-4-5-15(8-14)21(19)25/h2-3,6-7,9-10,14-15,24H,4-5,8H2,1H3/t14-,15+/m1/s1. The Hall–Kier alpha value is -2.49. The van der Waals surface area contributed by atoms with E-state index < -0.39 is 11.6 Å². The predicted molar refractivity (Wildman–Crippen MR) is 91.9 cm³/mol. The molecule has 4 heteroatoms. The molecule has 2 aliphatic rings. The van der Waals surface area contributed by atoms with Crippen LogP contribution in [0.1, 0.15) is 30.4 Å². The Morgan fingerprint density at radius 1 is 0.960 bits per heavy atom. The van der Waals surface area contributed by atoms with Crippen LogP contribution in [0.15, 0.2) is 42.2 Å². The van der Waals surface area contributed by atoms with Gasteiger partial charge in [0.05, 0.1) is 5.57 Å². The highest BCUT2D eigenvalue weighted by atomic mass is 19.2. The first-order valence-corrected chi connectivity index (χ1v) is 8.49. The van der Waals surface area contributed by atoms with Crippen molar-refractivity contribution >= 4 is 11.4 Å². The number of Topliss-reactive ketones (excluding diaryl/α,β-unsaturated/α-hetero) is 1. The highest BCUT2D eigenvalue weighted by molar-refractivity contribution is 6.23. The van der Waals surface area contributed by atoms with Gasteiger partial charge < -0.3 is 5.11 Å². The lowest BCUT2D eigenvalue weighted by molar-refractivity contribution is -0.117. The van der Waals surface area contributed by atoms with Crippen LogP contribution in [0.2, 0.25) is 0 Å². The van der Waals surface area contributed by atoms with Gasteiger partial charge in [0.15, 0.2) is 17.4 Å². The fourth-order valence-electron chi connectivity index (χ4n) is 4.02. The second kappa shape index (κ2) is 5.80. The third kappa shape index (κ3) is 2.56. The van der Waals surface area contributed by atoms with E-state index in [0.717, 1.165) is 37.0 Å². The number of carbonyl (C=O) groups is 1. The first kappa shape index (κ1) is 16.0. The van der Waals surface area contributed by atoms with Crippen LogP contribution in [0.4, 0.5) is 8.78 Å². The van der Waals surface area contributed by atoms with Crippen LogP contribution in [0.3, 0.4) is 0 Å². The van der Waals surface area contributed by atoms with Crippen molar-refractivity contribution in [2.24, 2.45) is 11.8 Å². The molecule has 4 rings (SSSR count). The third-order valence-corrected chi connectivity index (χ3v) is 5.45. The number of aryl methyl sites for hydroxylation is 1. The molecule has 0 heterocycles. The molecule has 2 atom stereocenters. The average molecular weight is 340 g/mol. The summed E-state index contributed by atoms with van der Waals surface area (Å²) in [5.41, 5.74) is 3.18. The van der Waals surface area contributed by atoms with Crippen LogP contribution in [0.25, 0.3) is 16.7 Å². The molecular weight excluding hydrogens is 322 g/mol. The first-order valence-electron chi connectivity index (χ1n) is 8.49. The van der Waals surface area contributed by atoms with Crippen molar-refractivity contribution in [1.82, 2.24) is 0 Å². The molecule has 2 aromatic carbocycles. The van der Waals surface area contributed by atoms with Gasteiger partial charge >= 0.3 is 0 Å². The van der Waals surface area contributed by atoms with Crippen molar-refractivity contribution in [2.45, 2.75) is 26.2 Å². The number of fused-ring (bicyclic) bond motifs is 2. The topological polar surface area (TPSA) is 37.3 Å². The maximum absolute atomic E-state index is 13.6. The molecule has 1 saturated carbocycles. The molecule has 2 aromatic rings. The van der Waals surface area contributed by atoms with Gasteiger partial charge in [0.25, 0.3) is 0 Å². The van der Waals surface area contributed by atoms with Crippen molar-refractivity contribution < 1.29 is 18.7 Å².